The fourth-order valence-electron chi connectivity index (χ4n) is 4.31. The first kappa shape index (κ1) is 16.8. The van der Waals surface area contributed by atoms with Gasteiger partial charge in [-0.2, -0.15) is 0 Å². The van der Waals surface area contributed by atoms with Gasteiger partial charge in [0, 0.05) is 32.0 Å². The number of aromatic amines is 1. The Morgan fingerprint density at radius 3 is 2.48 bits per heavy atom. The van der Waals surface area contributed by atoms with E-state index in [1.807, 2.05) is 6.07 Å². The first-order valence-corrected chi connectivity index (χ1v) is 9.50. The maximum atomic E-state index is 12.5. The molecule has 1 saturated carbocycles. The summed E-state index contributed by atoms with van der Waals surface area (Å²) in [5, 5.41) is 0.484. The summed E-state index contributed by atoms with van der Waals surface area (Å²) in [6.07, 6.45) is 3.43. The normalized spacial score (nSPS) is 21.9. The van der Waals surface area contributed by atoms with Crippen LogP contribution in [0.15, 0.2) is 21.7 Å². The second kappa shape index (κ2) is 6.10. The predicted molar refractivity (Wildman–Crippen MR) is 99.7 cm³/mol. The fraction of sp³-hybridized carbons (Fsp3) is 0.579. The lowest BCUT2D eigenvalue weighted by molar-refractivity contribution is -0.169. The lowest BCUT2D eigenvalue weighted by Crippen LogP contribution is -2.45. The van der Waals surface area contributed by atoms with E-state index in [1.165, 1.54) is 0 Å². The molecule has 0 bridgehead atoms. The number of fused-ring (bicyclic) bond motifs is 1. The van der Waals surface area contributed by atoms with Crippen molar-refractivity contribution in [1.29, 1.82) is 0 Å². The summed E-state index contributed by atoms with van der Waals surface area (Å²) in [5.41, 5.74) is 0.759. The molecule has 0 amide bonds. The molecule has 0 unspecified atom stereocenters. The number of piperidine rings is 1. The maximum absolute atomic E-state index is 12.5. The SMILES string of the molecule is COc1c(N2CCC3(CC2)OCCO3)ccc2c(=O)[nH]c(=O)n(C3CC3)c12. The van der Waals surface area contributed by atoms with E-state index in [4.69, 9.17) is 14.2 Å². The topological polar surface area (TPSA) is 85.8 Å². The van der Waals surface area contributed by atoms with Gasteiger partial charge in [-0.05, 0) is 25.0 Å². The highest BCUT2D eigenvalue weighted by Crippen LogP contribution is 2.42. The summed E-state index contributed by atoms with van der Waals surface area (Å²) in [6.45, 7) is 2.82. The lowest BCUT2D eigenvalue weighted by Gasteiger charge is -2.39. The summed E-state index contributed by atoms with van der Waals surface area (Å²) in [5.74, 6) is 0.139. The van der Waals surface area contributed by atoms with Crippen LogP contribution in [0, 0.1) is 0 Å². The number of hydrogen-bond acceptors (Lipinski definition) is 6. The molecule has 5 rings (SSSR count). The minimum atomic E-state index is -0.451. The third kappa shape index (κ3) is 2.66. The van der Waals surface area contributed by atoms with Crippen LogP contribution in [0.5, 0.6) is 5.75 Å². The van der Waals surface area contributed by atoms with Crippen molar-refractivity contribution in [3.05, 3.63) is 33.0 Å². The molecule has 1 N–H and O–H groups in total. The molecule has 2 aliphatic heterocycles. The van der Waals surface area contributed by atoms with Gasteiger partial charge >= 0.3 is 5.69 Å². The Morgan fingerprint density at radius 2 is 1.85 bits per heavy atom. The standard InChI is InChI=1S/C19H23N3O5/c1-25-16-14(21-8-6-19(7-9-21)26-10-11-27-19)5-4-13-15(16)22(12-2-3-12)18(24)20-17(13)23/h4-5,12H,2-3,6-11H2,1H3,(H,20,23,24). The average molecular weight is 373 g/mol. The van der Waals surface area contributed by atoms with Crippen molar-refractivity contribution >= 4 is 16.6 Å². The Bertz CT molecular complexity index is 991. The van der Waals surface area contributed by atoms with Crippen molar-refractivity contribution in [2.45, 2.75) is 37.5 Å². The van der Waals surface area contributed by atoms with E-state index in [2.05, 4.69) is 9.88 Å². The molecule has 0 atom stereocenters. The molecule has 8 heteroatoms. The van der Waals surface area contributed by atoms with Crippen LogP contribution in [0.3, 0.4) is 0 Å². The second-order valence-electron chi connectivity index (χ2n) is 7.47. The Balaban J connectivity index is 1.60. The smallest absolute Gasteiger partial charge is 0.329 e. The zero-order valence-corrected chi connectivity index (χ0v) is 15.3. The molecule has 0 radical (unpaired) electrons. The van der Waals surface area contributed by atoms with Gasteiger partial charge in [0.05, 0.1) is 31.4 Å². The van der Waals surface area contributed by atoms with Crippen molar-refractivity contribution in [2.24, 2.45) is 0 Å². The van der Waals surface area contributed by atoms with Crippen molar-refractivity contribution in [2.75, 3.05) is 38.3 Å². The van der Waals surface area contributed by atoms with Crippen molar-refractivity contribution in [1.82, 2.24) is 9.55 Å². The van der Waals surface area contributed by atoms with Crippen LogP contribution in [-0.2, 0) is 9.47 Å². The first-order chi connectivity index (χ1) is 13.1. The monoisotopic (exact) mass is 373 g/mol. The van der Waals surface area contributed by atoms with Gasteiger partial charge in [0.1, 0.15) is 5.52 Å². The van der Waals surface area contributed by atoms with Crippen LogP contribution in [0.4, 0.5) is 5.69 Å². The largest absolute Gasteiger partial charge is 0.492 e. The van der Waals surface area contributed by atoms with E-state index < -0.39 is 5.79 Å². The molecule has 1 aromatic heterocycles. The third-order valence-corrected chi connectivity index (χ3v) is 5.83. The quantitative estimate of drug-likeness (QED) is 0.875. The van der Waals surface area contributed by atoms with Gasteiger partial charge in [0.15, 0.2) is 11.5 Å². The summed E-state index contributed by atoms with van der Waals surface area (Å²) in [7, 11) is 1.59. The highest BCUT2D eigenvalue weighted by molar-refractivity contribution is 5.90. The molecule has 3 aliphatic rings. The van der Waals surface area contributed by atoms with Crippen molar-refractivity contribution < 1.29 is 14.2 Å². The molecular formula is C19H23N3O5. The van der Waals surface area contributed by atoms with Gasteiger partial charge in [-0.25, -0.2) is 4.79 Å². The highest BCUT2D eigenvalue weighted by Gasteiger charge is 2.40. The number of nitrogens with one attached hydrogen (secondary N) is 1. The number of ether oxygens (including phenoxy) is 3. The van der Waals surface area contributed by atoms with Crippen LogP contribution < -0.4 is 20.9 Å². The summed E-state index contributed by atoms with van der Waals surface area (Å²) in [6, 6.07) is 3.83. The first-order valence-electron chi connectivity index (χ1n) is 9.50. The lowest BCUT2D eigenvalue weighted by atomic mass is 10.0. The molecular weight excluding hydrogens is 350 g/mol. The Hall–Kier alpha value is -2.32. The Morgan fingerprint density at radius 1 is 1.15 bits per heavy atom. The molecule has 2 saturated heterocycles. The number of H-pyrrole nitrogens is 1. The zero-order chi connectivity index (χ0) is 18.6. The molecule has 1 aromatic carbocycles. The minimum Gasteiger partial charge on any atom is -0.492 e. The van der Waals surface area contributed by atoms with Crippen LogP contribution >= 0.6 is 0 Å². The number of rotatable bonds is 3. The summed E-state index contributed by atoms with van der Waals surface area (Å²) >= 11 is 0. The fourth-order valence-corrected chi connectivity index (χ4v) is 4.31. The minimum absolute atomic E-state index is 0.130. The second-order valence-corrected chi connectivity index (χ2v) is 7.47. The van der Waals surface area contributed by atoms with Gasteiger partial charge in [0.2, 0.25) is 0 Å². The summed E-state index contributed by atoms with van der Waals surface area (Å²) in [4.78, 5) is 29.5. The molecule has 1 spiro atoms. The van der Waals surface area contributed by atoms with E-state index in [0.29, 0.717) is 29.9 Å². The molecule has 3 fully saturated rings. The molecule has 3 heterocycles. The molecule has 1 aliphatic carbocycles. The number of anilines is 1. The van der Waals surface area contributed by atoms with Crippen molar-refractivity contribution in [3.63, 3.8) is 0 Å². The van der Waals surface area contributed by atoms with E-state index in [9.17, 15) is 9.59 Å². The van der Waals surface area contributed by atoms with Crippen LogP contribution in [0.2, 0.25) is 0 Å². The van der Waals surface area contributed by atoms with Gasteiger partial charge in [-0.15, -0.1) is 0 Å². The van der Waals surface area contributed by atoms with E-state index in [1.54, 1.807) is 17.7 Å². The maximum Gasteiger partial charge on any atom is 0.329 e. The average Bonchev–Trinajstić information content (AvgIpc) is 3.41. The van der Waals surface area contributed by atoms with Gasteiger partial charge in [-0.3, -0.25) is 14.3 Å². The number of methoxy groups -OCH3 is 1. The van der Waals surface area contributed by atoms with Gasteiger partial charge in [-0.1, -0.05) is 0 Å². The van der Waals surface area contributed by atoms with E-state index in [0.717, 1.165) is 44.5 Å². The van der Waals surface area contributed by atoms with Crippen LogP contribution in [0.1, 0.15) is 31.7 Å². The predicted octanol–water partition coefficient (Wildman–Crippen LogP) is 1.38. The number of nitrogens with zero attached hydrogens (tertiary/aromatic N) is 2. The van der Waals surface area contributed by atoms with Gasteiger partial charge in [0.25, 0.3) is 5.56 Å². The van der Waals surface area contributed by atoms with E-state index in [-0.39, 0.29) is 17.3 Å². The number of benzene rings is 1. The van der Waals surface area contributed by atoms with E-state index >= 15 is 0 Å². The molecule has 2 aromatic rings. The summed E-state index contributed by atoms with van der Waals surface area (Å²) < 4.78 is 19.1. The zero-order valence-electron chi connectivity index (χ0n) is 15.3. The van der Waals surface area contributed by atoms with Crippen LogP contribution in [-0.4, -0.2) is 48.8 Å². The highest BCUT2D eigenvalue weighted by atomic mass is 16.7. The number of hydrogen-bond donors (Lipinski definition) is 1. The molecule has 8 nitrogen and oxygen atoms in total. The molecule has 144 valence electrons. The van der Waals surface area contributed by atoms with Gasteiger partial charge < -0.3 is 19.1 Å². The molecule has 27 heavy (non-hydrogen) atoms. The Labute approximate surface area is 155 Å². The number of aromatic nitrogens is 2. The third-order valence-electron chi connectivity index (χ3n) is 5.83. The van der Waals surface area contributed by atoms with Crippen molar-refractivity contribution in [3.8, 4) is 5.75 Å². The van der Waals surface area contributed by atoms with Crippen LogP contribution in [0.25, 0.3) is 10.9 Å². The Kier molecular flexibility index (Phi) is 3.80.